The van der Waals surface area contributed by atoms with Crippen LogP contribution in [0.25, 0.3) is 0 Å². The second-order valence-corrected chi connectivity index (χ2v) is 5.52. The molecule has 0 aromatic carbocycles. The summed E-state index contributed by atoms with van der Waals surface area (Å²) in [4.78, 5) is 19.8. The van der Waals surface area contributed by atoms with Gasteiger partial charge in [-0.3, -0.25) is 4.79 Å². The standard InChI is InChI=1S/C12H19BrN4O/c1-8(2)3-9(5-14)4-12(18)17-11-7-15-10(13)6-16-11/h6-9H,3-5,14H2,1-2H3,(H,16,17,18). The topological polar surface area (TPSA) is 80.9 Å². The number of hydrogen-bond acceptors (Lipinski definition) is 4. The molecule has 1 unspecified atom stereocenters. The van der Waals surface area contributed by atoms with Crippen LogP contribution in [0.3, 0.4) is 0 Å². The number of aromatic nitrogens is 2. The molecule has 1 rings (SSSR count). The van der Waals surface area contributed by atoms with E-state index in [1.165, 1.54) is 6.20 Å². The van der Waals surface area contributed by atoms with E-state index < -0.39 is 0 Å². The van der Waals surface area contributed by atoms with Crippen molar-refractivity contribution in [1.82, 2.24) is 9.97 Å². The first-order chi connectivity index (χ1) is 8.51. The van der Waals surface area contributed by atoms with E-state index >= 15 is 0 Å². The first kappa shape index (κ1) is 15.0. The lowest BCUT2D eigenvalue weighted by atomic mass is 9.94. The fourth-order valence-electron chi connectivity index (χ4n) is 1.76. The van der Waals surface area contributed by atoms with E-state index in [-0.39, 0.29) is 11.8 Å². The highest BCUT2D eigenvalue weighted by molar-refractivity contribution is 9.10. The Bertz CT molecular complexity index is 380. The zero-order valence-electron chi connectivity index (χ0n) is 10.7. The number of carbonyl (C=O) groups is 1. The van der Waals surface area contributed by atoms with Crippen LogP contribution in [0, 0.1) is 11.8 Å². The van der Waals surface area contributed by atoms with Gasteiger partial charge in [0.05, 0.1) is 12.4 Å². The average molecular weight is 315 g/mol. The van der Waals surface area contributed by atoms with Gasteiger partial charge in [0, 0.05) is 6.42 Å². The maximum atomic E-state index is 11.8. The summed E-state index contributed by atoms with van der Waals surface area (Å²) in [5.41, 5.74) is 5.67. The second-order valence-electron chi connectivity index (χ2n) is 4.71. The van der Waals surface area contributed by atoms with Gasteiger partial charge in [0.1, 0.15) is 4.60 Å². The molecule has 1 amide bonds. The van der Waals surface area contributed by atoms with Gasteiger partial charge in [-0.2, -0.15) is 0 Å². The number of nitrogens with one attached hydrogen (secondary N) is 1. The Hall–Kier alpha value is -1.01. The van der Waals surface area contributed by atoms with E-state index in [1.54, 1.807) is 6.20 Å². The Morgan fingerprint density at radius 1 is 1.44 bits per heavy atom. The summed E-state index contributed by atoms with van der Waals surface area (Å²) in [6.07, 6.45) is 4.44. The lowest BCUT2D eigenvalue weighted by molar-refractivity contribution is -0.117. The minimum Gasteiger partial charge on any atom is -0.330 e. The number of nitrogens with two attached hydrogens (primary N) is 1. The van der Waals surface area contributed by atoms with Crippen LogP contribution in [-0.2, 0) is 4.79 Å². The fourth-order valence-corrected chi connectivity index (χ4v) is 1.97. The normalized spacial score (nSPS) is 12.5. The van der Waals surface area contributed by atoms with Crippen LogP contribution in [0.4, 0.5) is 5.82 Å². The second kappa shape index (κ2) is 7.43. The first-order valence-corrected chi connectivity index (χ1v) is 6.78. The molecule has 0 aliphatic rings. The Morgan fingerprint density at radius 2 is 2.17 bits per heavy atom. The van der Waals surface area contributed by atoms with Gasteiger partial charge in [-0.05, 0) is 40.7 Å². The molecule has 0 spiro atoms. The summed E-state index contributed by atoms with van der Waals surface area (Å²) >= 11 is 3.19. The molecule has 0 bridgehead atoms. The predicted octanol–water partition coefficient (Wildman–Crippen LogP) is 2.19. The highest BCUT2D eigenvalue weighted by Gasteiger charge is 2.14. The number of rotatable bonds is 6. The quantitative estimate of drug-likeness (QED) is 0.843. The Morgan fingerprint density at radius 3 is 2.67 bits per heavy atom. The lowest BCUT2D eigenvalue weighted by Gasteiger charge is -2.16. The smallest absolute Gasteiger partial charge is 0.225 e. The third-order valence-electron chi connectivity index (χ3n) is 2.50. The maximum absolute atomic E-state index is 11.8. The summed E-state index contributed by atoms with van der Waals surface area (Å²) in [5.74, 6) is 1.15. The van der Waals surface area contributed by atoms with Crippen molar-refractivity contribution < 1.29 is 4.79 Å². The van der Waals surface area contributed by atoms with E-state index in [2.05, 4.69) is 45.1 Å². The van der Waals surface area contributed by atoms with Crippen molar-refractivity contribution in [1.29, 1.82) is 0 Å². The molecular formula is C12H19BrN4O. The largest absolute Gasteiger partial charge is 0.330 e. The summed E-state index contributed by atoms with van der Waals surface area (Å²) < 4.78 is 0.639. The van der Waals surface area contributed by atoms with Gasteiger partial charge < -0.3 is 11.1 Å². The summed E-state index contributed by atoms with van der Waals surface area (Å²) in [5, 5.41) is 2.72. The van der Waals surface area contributed by atoms with Crippen molar-refractivity contribution in [2.24, 2.45) is 17.6 Å². The summed E-state index contributed by atoms with van der Waals surface area (Å²) in [6, 6.07) is 0. The van der Waals surface area contributed by atoms with Crippen LogP contribution in [0.1, 0.15) is 26.7 Å². The zero-order chi connectivity index (χ0) is 13.5. The maximum Gasteiger partial charge on any atom is 0.225 e. The SMILES string of the molecule is CC(C)CC(CN)CC(=O)Nc1cnc(Br)cn1. The molecular weight excluding hydrogens is 296 g/mol. The molecule has 0 saturated heterocycles. The van der Waals surface area contributed by atoms with Crippen molar-refractivity contribution in [2.45, 2.75) is 26.7 Å². The van der Waals surface area contributed by atoms with Crippen LogP contribution in [0.15, 0.2) is 17.0 Å². The van der Waals surface area contributed by atoms with Crippen LogP contribution in [-0.4, -0.2) is 22.4 Å². The Balaban J connectivity index is 2.47. The Kier molecular flexibility index (Phi) is 6.21. The van der Waals surface area contributed by atoms with Gasteiger partial charge in [-0.1, -0.05) is 13.8 Å². The van der Waals surface area contributed by atoms with Crippen molar-refractivity contribution in [2.75, 3.05) is 11.9 Å². The van der Waals surface area contributed by atoms with Gasteiger partial charge in [0.2, 0.25) is 5.91 Å². The highest BCUT2D eigenvalue weighted by Crippen LogP contribution is 2.15. The van der Waals surface area contributed by atoms with Gasteiger partial charge in [-0.25, -0.2) is 9.97 Å². The molecule has 1 atom stereocenters. The van der Waals surface area contributed by atoms with Gasteiger partial charge in [-0.15, -0.1) is 0 Å². The zero-order valence-corrected chi connectivity index (χ0v) is 12.3. The van der Waals surface area contributed by atoms with Crippen molar-refractivity contribution in [3.05, 3.63) is 17.0 Å². The monoisotopic (exact) mass is 314 g/mol. The van der Waals surface area contributed by atoms with Gasteiger partial charge in [0.25, 0.3) is 0 Å². The summed E-state index contributed by atoms with van der Waals surface area (Å²) in [6.45, 7) is 4.78. The fraction of sp³-hybridized carbons (Fsp3) is 0.583. The number of nitrogens with zero attached hydrogens (tertiary/aromatic N) is 2. The first-order valence-electron chi connectivity index (χ1n) is 5.98. The highest BCUT2D eigenvalue weighted by atomic mass is 79.9. The summed E-state index contributed by atoms with van der Waals surface area (Å²) in [7, 11) is 0. The third-order valence-corrected chi connectivity index (χ3v) is 2.91. The van der Waals surface area contributed by atoms with E-state index in [0.29, 0.717) is 29.3 Å². The molecule has 0 radical (unpaired) electrons. The molecule has 0 aliphatic carbocycles. The molecule has 0 aliphatic heterocycles. The number of hydrogen-bond donors (Lipinski definition) is 2. The van der Waals surface area contributed by atoms with E-state index in [9.17, 15) is 4.79 Å². The molecule has 100 valence electrons. The molecule has 0 saturated carbocycles. The lowest BCUT2D eigenvalue weighted by Crippen LogP contribution is -2.23. The van der Waals surface area contributed by atoms with Crippen LogP contribution >= 0.6 is 15.9 Å². The van der Waals surface area contributed by atoms with Crippen molar-refractivity contribution >= 4 is 27.7 Å². The molecule has 1 aromatic heterocycles. The molecule has 0 fully saturated rings. The molecule has 1 aromatic rings. The van der Waals surface area contributed by atoms with E-state index in [4.69, 9.17) is 5.73 Å². The number of carbonyl (C=O) groups excluding carboxylic acids is 1. The molecule has 1 heterocycles. The van der Waals surface area contributed by atoms with Crippen LogP contribution < -0.4 is 11.1 Å². The van der Waals surface area contributed by atoms with Gasteiger partial charge >= 0.3 is 0 Å². The number of amides is 1. The predicted molar refractivity (Wildman–Crippen MR) is 75.0 cm³/mol. The van der Waals surface area contributed by atoms with Crippen LogP contribution in [0.5, 0.6) is 0 Å². The van der Waals surface area contributed by atoms with E-state index in [1.807, 2.05) is 0 Å². The number of halogens is 1. The molecule has 18 heavy (non-hydrogen) atoms. The Labute approximate surface area is 116 Å². The third kappa shape index (κ3) is 5.55. The van der Waals surface area contributed by atoms with Crippen molar-refractivity contribution in [3.8, 4) is 0 Å². The average Bonchev–Trinajstić information content (AvgIpc) is 2.30. The molecule has 5 nitrogen and oxygen atoms in total. The van der Waals surface area contributed by atoms with Gasteiger partial charge in [0.15, 0.2) is 5.82 Å². The van der Waals surface area contributed by atoms with E-state index in [0.717, 1.165) is 6.42 Å². The van der Waals surface area contributed by atoms with Crippen LogP contribution in [0.2, 0.25) is 0 Å². The molecule has 3 N–H and O–H groups in total. The molecule has 6 heteroatoms. The minimum atomic E-state index is -0.0669. The number of anilines is 1. The van der Waals surface area contributed by atoms with Crippen molar-refractivity contribution in [3.63, 3.8) is 0 Å². The minimum absolute atomic E-state index is 0.0669.